The lowest BCUT2D eigenvalue weighted by molar-refractivity contribution is 0.0693. The van der Waals surface area contributed by atoms with Crippen LogP contribution in [0.1, 0.15) is 28.9 Å². The van der Waals surface area contributed by atoms with Crippen LogP contribution in [0.25, 0.3) is 11.3 Å². The maximum atomic E-state index is 12.8. The molecule has 7 heteroatoms. The Kier molecular flexibility index (Phi) is 7.73. The molecule has 1 saturated heterocycles. The first-order chi connectivity index (χ1) is 10.7. The third-order valence-electron chi connectivity index (χ3n) is 4.20. The maximum absolute atomic E-state index is 12.8. The highest BCUT2D eigenvalue weighted by molar-refractivity contribution is 5.97. The zero-order valence-electron chi connectivity index (χ0n) is 13.8. The fourth-order valence-corrected chi connectivity index (χ4v) is 2.86. The third-order valence-corrected chi connectivity index (χ3v) is 4.20. The molecular weight excluding hydrogens is 349 g/mol. The summed E-state index contributed by atoms with van der Waals surface area (Å²) in [5.41, 5.74) is 2.46. The fourth-order valence-electron chi connectivity index (χ4n) is 2.86. The molecule has 1 amide bonds. The van der Waals surface area contributed by atoms with E-state index in [1.54, 1.807) is 0 Å². The number of piperidine rings is 1. The number of carbonyl (C=O) groups excluding carboxylic acids is 1. The summed E-state index contributed by atoms with van der Waals surface area (Å²) < 4.78 is 5.48. The summed E-state index contributed by atoms with van der Waals surface area (Å²) in [5.74, 6) is 0.501. The van der Waals surface area contributed by atoms with Crippen molar-refractivity contribution < 1.29 is 9.21 Å². The first kappa shape index (κ1) is 20.5. The van der Waals surface area contributed by atoms with Crippen LogP contribution in [0.15, 0.2) is 35.1 Å². The van der Waals surface area contributed by atoms with E-state index in [1.807, 2.05) is 43.1 Å². The van der Waals surface area contributed by atoms with Gasteiger partial charge in [-0.15, -0.1) is 24.8 Å². The average Bonchev–Trinajstić information content (AvgIpc) is 3.04. The first-order valence-corrected chi connectivity index (χ1v) is 7.66. The number of benzene rings is 1. The van der Waals surface area contributed by atoms with Crippen LogP contribution >= 0.6 is 24.8 Å². The Labute approximate surface area is 154 Å². The summed E-state index contributed by atoms with van der Waals surface area (Å²) in [7, 11) is 1.94. The number of halogens is 2. The van der Waals surface area contributed by atoms with Crippen molar-refractivity contribution in [2.45, 2.75) is 25.8 Å². The Morgan fingerprint density at radius 1 is 1.29 bits per heavy atom. The summed E-state index contributed by atoms with van der Waals surface area (Å²) in [5, 5.41) is 3.25. The number of amides is 1. The van der Waals surface area contributed by atoms with Crippen LogP contribution in [0, 0.1) is 6.92 Å². The molecule has 1 aliphatic heterocycles. The van der Waals surface area contributed by atoms with E-state index in [9.17, 15) is 4.79 Å². The predicted octanol–water partition coefficient (Wildman–Crippen LogP) is 3.32. The van der Waals surface area contributed by atoms with Crippen LogP contribution in [0.4, 0.5) is 0 Å². The van der Waals surface area contributed by atoms with Crippen LogP contribution in [0.5, 0.6) is 0 Å². The quantitative estimate of drug-likeness (QED) is 0.898. The number of carbonyl (C=O) groups is 1. The second kappa shape index (κ2) is 9.06. The van der Waals surface area contributed by atoms with Crippen LogP contribution in [-0.2, 0) is 0 Å². The molecule has 1 fully saturated rings. The maximum Gasteiger partial charge on any atom is 0.276 e. The zero-order chi connectivity index (χ0) is 15.5. The molecule has 132 valence electrons. The molecule has 5 nitrogen and oxygen atoms in total. The van der Waals surface area contributed by atoms with Crippen molar-refractivity contribution in [2.24, 2.45) is 0 Å². The Morgan fingerprint density at radius 2 is 2.00 bits per heavy atom. The first-order valence-electron chi connectivity index (χ1n) is 7.66. The minimum absolute atomic E-state index is 0. The summed E-state index contributed by atoms with van der Waals surface area (Å²) in [6, 6.07) is 8.28. The number of aromatic nitrogens is 1. The molecule has 3 rings (SSSR count). The normalized spacial score (nSPS) is 16.9. The monoisotopic (exact) mass is 371 g/mol. The molecule has 1 aromatic carbocycles. The van der Waals surface area contributed by atoms with E-state index in [0.717, 1.165) is 31.5 Å². The van der Waals surface area contributed by atoms with E-state index in [1.165, 1.54) is 12.0 Å². The van der Waals surface area contributed by atoms with E-state index in [0.29, 0.717) is 17.5 Å². The van der Waals surface area contributed by atoms with E-state index in [-0.39, 0.29) is 30.7 Å². The molecule has 24 heavy (non-hydrogen) atoms. The fraction of sp³-hybridized carbons (Fsp3) is 0.412. The predicted molar refractivity (Wildman–Crippen MR) is 99.2 cm³/mol. The van der Waals surface area contributed by atoms with Crippen LogP contribution < -0.4 is 5.32 Å². The number of hydrogen-bond donors (Lipinski definition) is 1. The molecule has 0 bridgehead atoms. The van der Waals surface area contributed by atoms with E-state index in [2.05, 4.69) is 10.3 Å². The average molecular weight is 372 g/mol. The second-order valence-electron chi connectivity index (χ2n) is 5.78. The Hall–Kier alpha value is -1.56. The summed E-state index contributed by atoms with van der Waals surface area (Å²) in [6.45, 7) is 3.52. The number of oxazole rings is 1. The van der Waals surface area contributed by atoms with E-state index >= 15 is 0 Å². The van der Waals surface area contributed by atoms with E-state index in [4.69, 9.17) is 4.42 Å². The minimum atomic E-state index is -0.0516. The molecule has 0 aliphatic carbocycles. The highest BCUT2D eigenvalue weighted by Crippen LogP contribution is 2.25. The van der Waals surface area contributed by atoms with Gasteiger partial charge in [0.25, 0.3) is 5.91 Å². The van der Waals surface area contributed by atoms with Gasteiger partial charge in [0.2, 0.25) is 0 Å². The molecular formula is C17H23Cl2N3O2. The van der Waals surface area contributed by atoms with Gasteiger partial charge in [-0.1, -0.05) is 29.8 Å². The number of rotatable bonds is 3. The molecule has 1 aromatic heterocycles. The molecule has 0 radical (unpaired) electrons. The van der Waals surface area contributed by atoms with Gasteiger partial charge in [0.1, 0.15) is 0 Å². The van der Waals surface area contributed by atoms with Gasteiger partial charge in [0.15, 0.2) is 17.8 Å². The number of likely N-dealkylation sites (N-methyl/N-ethyl adjacent to an activating group) is 1. The molecule has 1 unspecified atom stereocenters. The summed E-state index contributed by atoms with van der Waals surface area (Å²) in [6.07, 6.45) is 3.46. The van der Waals surface area contributed by atoms with Gasteiger partial charge >= 0.3 is 0 Å². The topological polar surface area (TPSA) is 58.4 Å². The second-order valence-corrected chi connectivity index (χ2v) is 5.78. The zero-order valence-corrected chi connectivity index (χ0v) is 15.5. The largest absolute Gasteiger partial charge is 0.443 e. The van der Waals surface area contributed by atoms with Crippen molar-refractivity contribution in [1.82, 2.24) is 15.2 Å². The molecule has 1 atom stereocenters. The van der Waals surface area contributed by atoms with Crippen LogP contribution in [0.2, 0.25) is 0 Å². The van der Waals surface area contributed by atoms with Crippen molar-refractivity contribution >= 4 is 30.7 Å². The van der Waals surface area contributed by atoms with Gasteiger partial charge in [0.05, 0.1) is 0 Å². The molecule has 1 aliphatic rings. The Morgan fingerprint density at radius 3 is 2.67 bits per heavy atom. The Bertz CT molecular complexity index is 658. The number of aryl methyl sites for hydroxylation is 1. The van der Waals surface area contributed by atoms with Crippen molar-refractivity contribution in [3.63, 3.8) is 0 Å². The van der Waals surface area contributed by atoms with Gasteiger partial charge in [0, 0.05) is 24.7 Å². The molecule has 0 saturated carbocycles. The van der Waals surface area contributed by atoms with Crippen LogP contribution in [0.3, 0.4) is 0 Å². The number of nitrogens with zero attached hydrogens (tertiary/aromatic N) is 2. The van der Waals surface area contributed by atoms with E-state index < -0.39 is 0 Å². The highest BCUT2D eigenvalue weighted by Gasteiger charge is 2.27. The SMILES string of the molecule is CNC1CCCN(C(=O)c2ncoc2-c2ccc(C)cc2)C1.Cl.Cl. The van der Waals surface area contributed by atoms with Gasteiger partial charge in [-0.2, -0.15) is 0 Å². The van der Waals surface area contributed by atoms with Crippen molar-refractivity contribution in [3.8, 4) is 11.3 Å². The van der Waals surface area contributed by atoms with Gasteiger partial charge in [-0.05, 0) is 26.8 Å². The third kappa shape index (κ3) is 4.29. The van der Waals surface area contributed by atoms with Crippen molar-refractivity contribution in [3.05, 3.63) is 41.9 Å². The van der Waals surface area contributed by atoms with Gasteiger partial charge in [-0.3, -0.25) is 4.79 Å². The number of hydrogen-bond acceptors (Lipinski definition) is 4. The van der Waals surface area contributed by atoms with Crippen molar-refractivity contribution in [2.75, 3.05) is 20.1 Å². The lowest BCUT2D eigenvalue weighted by Gasteiger charge is -2.32. The van der Waals surface area contributed by atoms with Gasteiger partial charge < -0.3 is 14.6 Å². The standard InChI is InChI=1S/C17H21N3O2.2ClH/c1-12-5-7-13(8-6-12)16-15(19-11-22-16)17(21)20-9-3-4-14(10-20)18-2;;/h5-8,11,14,18H,3-4,9-10H2,1-2H3;2*1H. The summed E-state index contributed by atoms with van der Waals surface area (Å²) >= 11 is 0. The molecule has 2 aromatic rings. The Balaban J connectivity index is 0.00000144. The smallest absolute Gasteiger partial charge is 0.276 e. The molecule has 0 spiro atoms. The minimum Gasteiger partial charge on any atom is -0.443 e. The number of nitrogens with one attached hydrogen (secondary N) is 1. The lowest BCUT2D eigenvalue weighted by atomic mass is 10.0. The highest BCUT2D eigenvalue weighted by atomic mass is 35.5. The van der Waals surface area contributed by atoms with Crippen molar-refractivity contribution in [1.29, 1.82) is 0 Å². The number of likely N-dealkylation sites (tertiary alicyclic amines) is 1. The lowest BCUT2D eigenvalue weighted by Crippen LogP contribution is -2.47. The summed E-state index contributed by atoms with van der Waals surface area (Å²) in [4.78, 5) is 18.8. The molecule has 1 N–H and O–H groups in total. The molecule has 2 heterocycles. The van der Waals surface area contributed by atoms with Gasteiger partial charge in [-0.25, -0.2) is 4.98 Å². The van der Waals surface area contributed by atoms with Crippen LogP contribution in [-0.4, -0.2) is 42.0 Å².